The van der Waals surface area contributed by atoms with Crippen molar-refractivity contribution in [3.63, 3.8) is 0 Å². The lowest BCUT2D eigenvalue weighted by atomic mass is 9.74. The minimum Gasteiger partial charge on any atom is -0.493 e. The van der Waals surface area contributed by atoms with Crippen LogP contribution in [0.15, 0.2) is 36.5 Å². The van der Waals surface area contributed by atoms with Crippen LogP contribution in [0.5, 0.6) is 23.0 Å². The van der Waals surface area contributed by atoms with Gasteiger partial charge in [0.15, 0.2) is 23.0 Å². The van der Waals surface area contributed by atoms with Crippen molar-refractivity contribution in [2.75, 3.05) is 41.5 Å². The summed E-state index contributed by atoms with van der Waals surface area (Å²) in [5.41, 5.74) is 3.92. The molecule has 1 aromatic heterocycles. The molecule has 1 fully saturated rings. The average Bonchev–Trinajstić information content (AvgIpc) is 2.91. The van der Waals surface area contributed by atoms with Gasteiger partial charge >= 0.3 is 0 Å². The van der Waals surface area contributed by atoms with E-state index in [-0.39, 0.29) is 0 Å². The number of rotatable bonds is 7. The fraction of sp³-hybridized carbons (Fsp3) is 0.483. The summed E-state index contributed by atoms with van der Waals surface area (Å²) in [5.74, 6) is 4.33. The Bertz CT molecular complexity index is 1210. The molecule has 2 aliphatic heterocycles. The Kier molecular flexibility index (Phi) is 6.74. The zero-order chi connectivity index (χ0) is 24.5. The molecule has 0 aliphatic carbocycles. The summed E-state index contributed by atoms with van der Waals surface area (Å²) in [6.07, 6.45) is 6.23. The number of aromatic nitrogens is 1. The topological polar surface area (TPSA) is 53.1 Å². The highest BCUT2D eigenvalue weighted by atomic mass is 16.5. The van der Waals surface area contributed by atoms with Gasteiger partial charge < -0.3 is 18.9 Å². The molecule has 2 aromatic carbocycles. The second-order valence-electron chi connectivity index (χ2n) is 9.72. The van der Waals surface area contributed by atoms with Crippen molar-refractivity contribution in [1.82, 2.24) is 9.88 Å². The van der Waals surface area contributed by atoms with Crippen LogP contribution >= 0.6 is 0 Å². The number of benzene rings is 2. The van der Waals surface area contributed by atoms with Crippen LogP contribution in [-0.4, -0.2) is 51.4 Å². The molecule has 186 valence electrons. The number of fused-ring (bicyclic) bond motifs is 4. The summed E-state index contributed by atoms with van der Waals surface area (Å²) < 4.78 is 22.4. The molecule has 0 N–H and O–H groups in total. The molecule has 3 heterocycles. The lowest BCUT2D eigenvalue weighted by Crippen LogP contribution is -2.46. The normalized spacial score (nSPS) is 21.8. The quantitative estimate of drug-likeness (QED) is 0.452. The van der Waals surface area contributed by atoms with Gasteiger partial charge in [0, 0.05) is 36.4 Å². The van der Waals surface area contributed by atoms with Crippen molar-refractivity contribution >= 4 is 10.8 Å². The Hall–Kier alpha value is -2.99. The van der Waals surface area contributed by atoms with E-state index < -0.39 is 0 Å². The molecule has 0 amide bonds. The van der Waals surface area contributed by atoms with Gasteiger partial charge in [-0.25, -0.2) is 0 Å². The Balaban J connectivity index is 1.49. The van der Waals surface area contributed by atoms with E-state index in [1.165, 1.54) is 17.5 Å². The molecule has 5 rings (SSSR count). The van der Waals surface area contributed by atoms with Gasteiger partial charge in [-0.05, 0) is 77.9 Å². The number of methoxy groups -OCH3 is 4. The zero-order valence-electron chi connectivity index (χ0n) is 21.5. The number of hydrogen-bond donors (Lipinski definition) is 0. The molecule has 0 spiro atoms. The lowest BCUT2D eigenvalue weighted by Gasteiger charge is -2.47. The first-order valence-corrected chi connectivity index (χ1v) is 12.6. The van der Waals surface area contributed by atoms with E-state index in [2.05, 4.69) is 42.2 Å². The molecular weight excluding hydrogens is 440 g/mol. The number of piperidine rings is 1. The smallest absolute Gasteiger partial charge is 0.161 e. The van der Waals surface area contributed by atoms with Crippen LogP contribution in [0.4, 0.5) is 0 Å². The Labute approximate surface area is 208 Å². The molecule has 0 radical (unpaired) electrons. The average molecular weight is 477 g/mol. The van der Waals surface area contributed by atoms with E-state index in [4.69, 9.17) is 23.9 Å². The van der Waals surface area contributed by atoms with Crippen molar-refractivity contribution in [2.45, 2.75) is 38.6 Å². The number of nitrogens with zero attached hydrogens (tertiary/aromatic N) is 2. The highest BCUT2D eigenvalue weighted by molar-refractivity contribution is 5.88. The van der Waals surface area contributed by atoms with Crippen molar-refractivity contribution in [3.8, 4) is 23.0 Å². The monoisotopic (exact) mass is 476 g/mol. The van der Waals surface area contributed by atoms with Gasteiger partial charge in [-0.1, -0.05) is 13.3 Å². The molecule has 6 heteroatoms. The van der Waals surface area contributed by atoms with E-state index >= 15 is 0 Å². The third-order valence-electron chi connectivity index (χ3n) is 8.11. The molecule has 35 heavy (non-hydrogen) atoms. The molecule has 0 saturated carbocycles. The van der Waals surface area contributed by atoms with Gasteiger partial charge in [0.2, 0.25) is 0 Å². The predicted octanol–water partition coefficient (Wildman–Crippen LogP) is 5.46. The van der Waals surface area contributed by atoms with Crippen molar-refractivity contribution in [2.24, 2.45) is 11.8 Å². The van der Waals surface area contributed by atoms with Crippen molar-refractivity contribution in [1.29, 1.82) is 0 Å². The molecule has 2 aliphatic rings. The Morgan fingerprint density at radius 1 is 0.886 bits per heavy atom. The first-order chi connectivity index (χ1) is 17.1. The van der Waals surface area contributed by atoms with Gasteiger partial charge in [0.05, 0.1) is 28.4 Å². The second-order valence-corrected chi connectivity index (χ2v) is 9.72. The van der Waals surface area contributed by atoms with Crippen LogP contribution in [0.25, 0.3) is 10.8 Å². The first-order valence-electron chi connectivity index (χ1n) is 12.6. The first kappa shape index (κ1) is 23.7. The second kappa shape index (κ2) is 9.94. The molecule has 0 unspecified atom stereocenters. The number of pyridine rings is 1. The highest BCUT2D eigenvalue weighted by Crippen LogP contribution is 2.46. The van der Waals surface area contributed by atoms with E-state index in [1.54, 1.807) is 28.4 Å². The molecule has 3 atom stereocenters. The molecule has 6 nitrogen and oxygen atoms in total. The summed E-state index contributed by atoms with van der Waals surface area (Å²) >= 11 is 0. The van der Waals surface area contributed by atoms with Crippen LogP contribution in [0, 0.1) is 11.8 Å². The van der Waals surface area contributed by atoms with Gasteiger partial charge in [-0.2, -0.15) is 0 Å². The molecule has 0 bridgehead atoms. The number of ether oxygens (including phenoxy) is 4. The maximum Gasteiger partial charge on any atom is 0.161 e. The molecule has 3 aromatic rings. The summed E-state index contributed by atoms with van der Waals surface area (Å²) in [4.78, 5) is 7.54. The third-order valence-corrected chi connectivity index (χ3v) is 8.11. The van der Waals surface area contributed by atoms with Gasteiger partial charge in [-0.3, -0.25) is 9.88 Å². The fourth-order valence-electron chi connectivity index (χ4n) is 6.19. The lowest BCUT2D eigenvalue weighted by molar-refractivity contribution is 0.0517. The van der Waals surface area contributed by atoms with E-state index in [1.807, 2.05) is 6.20 Å². The van der Waals surface area contributed by atoms with E-state index in [0.717, 1.165) is 71.8 Å². The maximum absolute atomic E-state index is 5.66. The summed E-state index contributed by atoms with van der Waals surface area (Å²) in [6, 6.07) is 11.0. The SMILES string of the molecule is CC[C@@H]1CN2CCc3cc(OC)c(OC)cc3[C@@H]2C[C@H]1Cc1nccc2cc(OC)c(OC)cc12. The summed E-state index contributed by atoms with van der Waals surface area (Å²) in [6.45, 7) is 4.55. The van der Waals surface area contributed by atoms with Crippen LogP contribution in [-0.2, 0) is 12.8 Å². The minimum absolute atomic E-state index is 0.399. The fourth-order valence-corrected chi connectivity index (χ4v) is 6.19. The number of hydrogen-bond acceptors (Lipinski definition) is 6. The summed E-state index contributed by atoms with van der Waals surface area (Å²) in [5, 5.41) is 2.29. The summed E-state index contributed by atoms with van der Waals surface area (Å²) in [7, 11) is 6.80. The third kappa shape index (κ3) is 4.29. The van der Waals surface area contributed by atoms with Gasteiger partial charge in [0.1, 0.15) is 0 Å². The van der Waals surface area contributed by atoms with Crippen LogP contribution in [0.2, 0.25) is 0 Å². The molecular formula is C29H36N2O4. The van der Waals surface area contributed by atoms with E-state index in [9.17, 15) is 0 Å². The van der Waals surface area contributed by atoms with E-state index in [0.29, 0.717) is 17.9 Å². The largest absolute Gasteiger partial charge is 0.493 e. The van der Waals surface area contributed by atoms with Crippen LogP contribution in [0.3, 0.4) is 0 Å². The van der Waals surface area contributed by atoms with Crippen LogP contribution < -0.4 is 18.9 Å². The zero-order valence-corrected chi connectivity index (χ0v) is 21.5. The van der Waals surface area contributed by atoms with Gasteiger partial charge in [0.25, 0.3) is 0 Å². The Morgan fingerprint density at radius 3 is 2.29 bits per heavy atom. The minimum atomic E-state index is 0.399. The molecule has 1 saturated heterocycles. The van der Waals surface area contributed by atoms with Gasteiger partial charge in [-0.15, -0.1) is 0 Å². The highest BCUT2D eigenvalue weighted by Gasteiger charge is 2.39. The van der Waals surface area contributed by atoms with Crippen molar-refractivity contribution in [3.05, 3.63) is 53.3 Å². The Morgan fingerprint density at radius 2 is 1.57 bits per heavy atom. The predicted molar refractivity (Wildman–Crippen MR) is 138 cm³/mol. The maximum atomic E-state index is 5.66. The van der Waals surface area contributed by atoms with Crippen molar-refractivity contribution < 1.29 is 18.9 Å². The standard InChI is InChI=1S/C29H36N2O4/c1-6-18-17-31-10-8-20-14-27(33-3)29(35-5)16-23(20)25(31)12-21(18)11-24-22-15-28(34-4)26(32-2)13-19(22)7-9-30-24/h7,9,13-16,18,21,25H,6,8,10-12,17H2,1-5H3/t18-,21-,25+/m1/s1. The van der Waals surface area contributed by atoms with Crippen LogP contribution in [0.1, 0.15) is 42.6 Å².